The molecule has 0 aliphatic heterocycles. The number of nitrogens with one attached hydrogen (secondary N) is 1. The van der Waals surface area contributed by atoms with Gasteiger partial charge in [-0.25, -0.2) is 17.2 Å². The molecule has 150 valence electrons. The Morgan fingerprint density at radius 2 is 1.55 bits per heavy atom. The smallest absolute Gasteiger partial charge is 0.255 e. The Labute approximate surface area is 167 Å². The van der Waals surface area contributed by atoms with Gasteiger partial charge in [0.15, 0.2) is 0 Å². The van der Waals surface area contributed by atoms with Gasteiger partial charge in [-0.3, -0.25) is 9.10 Å². The Balaban J connectivity index is 1.81. The Bertz CT molecular complexity index is 1120. The van der Waals surface area contributed by atoms with Crippen LogP contribution < -0.4 is 9.62 Å². The van der Waals surface area contributed by atoms with Crippen molar-refractivity contribution < 1.29 is 22.0 Å². The minimum atomic E-state index is -3.69. The highest BCUT2D eigenvalue weighted by Gasteiger charge is 2.20. The number of hydrogen-bond donors (Lipinski definition) is 1. The first-order chi connectivity index (χ1) is 13.7. The van der Waals surface area contributed by atoms with Gasteiger partial charge < -0.3 is 5.32 Å². The Hall–Kier alpha value is -3.26. The molecule has 0 radical (unpaired) electrons. The lowest BCUT2D eigenvalue weighted by Crippen LogP contribution is -2.29. The Morgan fingerprint density at radius 3 is 2.14 bits per heavy atom. The molecular weight excluding hydrogens is 398 g/mol. The standard InChI is InChI=1S/C21H18F2N2O3S/c1-29(27,28)25(14-16-4-2-3-5-20(16)23)19-12-6-15(7-13-19)21(26)24-18-10-8-17(22)9-11-18/h2-13H,14H2,1H3,(H,24,26). The maximum absolute atomic E-state index is 14.0. The molecule has 0 bridgehead atoms. The molecule has 3 rings (SSSR count). The number of nitrogens with zero attached hydrogens (tertiary/aromatic N) is 1. The Morgan fingerprint density at radius 1 is 0.931 bits per heavy atom. The molecule has 1 N–H and O–H groups in total. The van der Waals surface area contributed by atoms with Crippen molar-refractivity contribution in [3.63, 3.8) is 0 Å². The third-order valence-electron chi connectivity index (χ3n) is 4.19. The monoisotopic (exact) mass is 416 g/mol. The van der Waals surface area contributed by atoms with Crippen molar-refractivity contribution in [2.45, 2.75) is 6.54 Å². The second-order valence-electron chi connectivity index (χ2n) is 6.37. The molecule has 0 unspecified atom stereocenters. The first kappa shape index (κ1) is 20.5. The van der Waals surface area contributed by atoms with E-state index in [2.05, 4.69) is 5.32 Å². The number of hydrogen-bond acceptors (Lipinski definition) is 3. The average Bonchev–Trinajstić information content (AvgIpc) is 2.68. The van der Waals surface area contributed by atoms with Crippen LogP contribution in [0.3, 0.4) is 0 Å². The van der Waals surface area contributed by atoms with E-state index >= 15 is 0 Å². The van der Waals surface area contributed by atoms with Crippen molar-refractivity contribution in [2.24, 2.45) is 0 Å². The molecule has 0 aliphatic rings. The van der Waals surface area contributed by atoms with Gasteiger partial charge in [0, 0.05) is 16.8 Å². The maximum atomic E-state index is 14.0. The molecule has 29 heavy (non-hydrogen) atoms. The maximum Gasteiger partial charge on any atom is 0.255 e. The van der Waals surface area contributed by atoms with Crippen LogP contribution in [0.4, 0.5) is 20.2 Å². The molecule has 0 atom stereocenters. The van der Waals surface area contributed by atoms with E-state index in [0.29, 0.717) is 11.4 Å². The van der Waals surface area contributed by atoms with Crippen molar-refractivity contribution in [3.8, 4) is 0 Å². The highest BCUT2D eigenvalue weighted by Crippen LogP contribution is 2.23. The number of carbonyl (C=O) groups is 1. The molecule has 3 aromatic rings. The van der Waals surface area contributed by atoms with Crippen LogP contribution in [-0.2, 0) is 16.6 Å². The van der Waals surface area contributed by atoms with Crippen LogP contribution in [0.2, 0.25) is 0 Å². The van der Waals surface area contributed by atoms with Crippen LogP contribution >= 0.6 is 0 Å². The summed E-state index contributed by atoms with van der Waals surface area (Å²) in [6.45, 7) is -0.174. The van der Waals surface area contributed by atoms with Crippen LogP contribution in [0.5, 0.6) is 0 Å². The summed E-state index contributed by atoms with van der Waals surface area (Å²) in [6.07, 6.45) is 1.03. The molecule has 0 heterocycles. The summed E-state index contributed by atoms with van der Waals surface area (Å²) < 4.78 is 52.4. The van der Waals surface area contributed by atoms with Gasteiger partial charge in [-0.2, -0.15) is 0 Å². The van der Waals surface area contributed by atoms with Crippen LogP contribution in [0.15, 0.2) is 72.8 Å². The van der Waals surface area contributed by atoms with Gasteiger partial charge in [0.2, 0.25) is 10.0 Å². The zero-order valence-corrected chi connectivity index (χ0v) is 16.3. The number of amides is 1. The van der Waals surface area contributed by atoms with Crippen molar-refractivity contribution >= 4 is 27.3 Å². The first-order valence-electron chi connectivity index (χ1n) is 8.62. The third-order valence-corrected chi connectivity index (χ3v) is 5.33. The third kappa shape index (κ3) is 5.17. The van der Waals surface area contributed by atoms with E-state index in [1.807, 2.05) is 0 Å². The van der Waals surface area contributed by atoms with Crippen LogP contribution in [0, 0.1) is 11.6 Å². The molecule has 1 amide bonds. The van der Waals surface area contributed by atoms with E-state index in [4.69, 9.17) is 0 Å². The van der Waals surface area contributed by atoms with E-state index in [1.54, 1.807) is 6.07 Å². The molecule has 8 heteroatoms. The first-order valence-corrected chi connectivity index (χ1v) is 10.5. The van der Waals surface area contributed by atoms with E-state index in [9.17, 15) is 22.0 Å². The molecule has 0 aliphatic carbocycles. The second kappa shape index (κ2) is 8.40. The lowest BCUT2D eigenvalue weighted by molar-refractivity contribution is 0.102. The number of benzene rings is 3. The normalized spacial score (nSPS) is 11.1. The van der Waals surface area contributed by atoms with E-state index in [-0.39, 0.29) is 17.7 Å². The predicted octanol–water partition coefficient (Wildman–Crippen LogP) is 4.18. The van der Waals surface area contributed by atoms with E-state index in [0.717, 1.165) is 10.6 Å². The largest absolute Gasteiger partial charge is 0.322 e. The fraction of sp³-hybridized carbons (Fsp3) is 0.0952. The molecule has 0 aromatic heterocycles. The summed E-state index contributed by atoms with van der Waals surface area (Å²) in [5.74, 6) is -1.34. The van der Waals surface area contributed by atoms with E-state index < -0.39 is 27.6 Å². The number of carbonyl (C=O) groups excluding carboxylic acids is 1. The number of rotatable bonds is 6. The Kier molecular flexibility index (Phi) is 5.93. The highest BCUT2D eigenvalue weighted by atomic mass is 32.2. The predicted molar refractivity (Wildman–Crippen MR) is 108 cm³/mol. The summed E-state index contributed by atoms with van der Waals surface area (Å²) in [4.78, 5) is 12.3. The molecule has 0 saturated heterocycles. The number of halogens is 2. The fourth-order valence-electron chi connectivity index (χ4n) is 2.70. The van der Waals surface area contributed by atoms with Crippen molar-refractivity contribution in [3.05, 3.63) is 95.6 Å². The SMILES string of the molecule is CS(=O)(=O)N(Cc1ccccc1F)c1ccc(C(=O)Nc2ccc(F)cc2)cc1. The second-order valence-corrected chi connectivity index (χ2v) is 8.28. The topological polar surface area (TPSA) is 66.5 Å². The van der Waals surface area contributed by atoms with Crippen LogP contribution in [-0.4, -0.2) is 20.6 Å². The molecule has 5 nitrogen and oxygen atoms in total. The van der Waals surface area contributed by atoms with Gasteiger partial charge in [0.05, 0.1) is 18.5 Å². The van der Waals surface area contributed by atoms with Gasteiger partial charge in [-0.15, -0.1) is 0 Å². The minimum absolute atomic E-state index is 0.174. The minimum Gasteiger partial charge on any atom is -0.322 e. The molecule has 0 saturated carbocycles. The summed E-state index contributed by atoms with van der Waals surface area (Å²) in [5, 5.41) is 2.62. The van der Waals surface area contributed by atoms with Crippen molar-refractivity contribution in [2.75, 3.05) is 15.9 Å². The summed E-state index contributed by atoms with van der Waals surface area (Å²) >= 11 is 0. The van der Waals surface area contributed by atoms with Gasteiger partial charge in [-0.1, -0.05) is 18.2 Å². The van der Waals surface area contributed by atoms with Gasteiger partial charge in [-0.05, 0) is 54.6 Å². The zero-order chi connectivity index (χ0) is 21.0. The quantitative estimate of drug-likeness (QED) is 0.656. The van der Waals surface area contributed by atoms with Gasteiger partial charge in [0.1, 0.15) is 11.6 Å². The van der Waals surface area contributed by atoms with Crippen molar-refractivity contribution in [1.29, 1.82) is 0 Å². The van der Waals surface area contributed by atoms with Gasteiger partial charge in [0.25, 0.3) is 5.91 Å². The summed E-state index contributed by atoms with van der Waals surface area (Å²) in [7, 11) is -3.69. The van der Waals surface area contributed by atoms with Crippen LogP contribution in [0.1, 0.15) is 15.9 Å². The molecular formula is C21H18F2N2O3S. The summed E-state index contributed by atoms with van der Waals surface area (Å²) in [6, 6.07) is 17.1. The molecule has 0 fully saturated rings. The lowest BCUT2D eigenvalue weighted by atomic mass is 10.1. The molecule has 3 aromatic carbocycles. The average molecular weight is 416 g/mol. The molecule has 0 spiro atoms. The summed E-state index contributed by atoms with van der Waals surface area (Å²) in [5.41, 5.74) is 1.25. The van der Waals surface area contributed by atoms with Crippen LogP contribution in [0.25, 0.3) is 0 Å². The van der Waals surface area contributed by atoms with E-state index in [1.165, 1.54) is 66.7 Å². The van der Waals surface area contributed by atoms with Crippen molar-refractivity contribution in [1.82, 2.24) is 0 Å². The number of anilines is 2. The fourth-order valence-corrected chi connectivity index (χ4v) is 3.58. The number of sulfonamides is 1. The highest BCUT2D eigenvalue weighted by molar-refractivity contribution is 7.92. The van der Waals surface area contributed by atoms with Gasteiger partial charge >= 0.3 is 0 Å². The zero-order valence-electron chi connectivity index (χ0n) is 15.5. The lowest BCUT2D eigenvalue weighted by Gasteiger charge is -2.23.